The van der Waals surface area contributed by atoms with Crippen LogP contribution in [0.2, 0.25) is 0 Å². The Hall–Kier alpha value is -1.25. The van der Waals surface area contributed by atoms with Gasteiger partial charge in [-0.1, -0.05) is 48.5 Å². The molecule has 2 aromatic carbocycles. The van der Waals surface area contributed by atoms with E-state index in [1.807, 2.05) is 11.8 Å². The lowest BCUT2D eigenvalue weighted by atomic mass is 9.80. The predicted octanol–water partition coefficient (Wildman–Crippen LogP) is 5.55. The third-order valence-corrected chi connectivity index (χ3v) is 7.66. The molecule has 0 saturated carbocycles. The van der Waals surface area contributed by atoms with Crippen molar-refractivity contribution >= 4 is 11.8 Å². The Balaban J connectivity index is 1.36. The maximum atomic E-state index is 2.79. The second-order valence-electron chi connectivity index (χ2n) is 8.03. The van der Waals surface area contributed by atoms with Gasteiger partial charge in [-0.3, -0.25) is 0 Å². The van der Waals surface area contributed by atoms with Crippen LogP contribution in [-0.4, -0.2) is 24.0 Å². The summed E-state index contributed by atoms with van der Waals surface area (Å²) in [7, 11) is 0. The van der Waals surface area contributed by atoms with E-state index in [1.165, 1.54) is 72.5 Å². The number of fused-ring (bicyclic) bond motifs is 3. The molecule has 0 unspecified atom stereocenters. The van der Waals surface area contributed by atoms with E-state index in [9.17, 15) is 0 Å². The molecule has 2 saturated heterocycles. The quantitative estimate of drug-likeness (QED) is 0.597. The van der Waals surface area contributed by atoms with E-state index in [-0.39, 0.29) is 0 Å². The molecule has 0 aliphatic carbocycles. The van der Waals surface area contributed by atoms with Crippen LogP contribution in [0.1, 0.15) is 48.8 Å². The molecule has 0 amide bonds. The third-order valence-electron chi connectivity index (χ3n) is 6.42. The highest BCUT2D eigenvalue weighted by Gasteiger charge is 2.32. The molecule has 1 nitrogen and oxygen atoms in total. The number of piperidine rings is 2. The summed E-state index contributed by atoms with van der Waals surface area (Å²) >= 11 is 1.95. The molecule has 0 N–H and O–H groups in total. The lowest BCUT2D eigenvalue weighted by molar-refractivity contribution is 0.0597. The Kier molecular flexibility index (Phi) is 4.35. The van der Waals surface area contributed by atoms with Crippen molar-refractivity contribution in [3.8, 4) is 0 Å². The van der Waals surface area contributed by atoms with Gasteiger partial charge in [0.1, 0.15) is 0 Å². The van der Waals surface area contributed by atoms with Crippen LogP contribution in [0.4, 0.5) is 0 Å². The Labute approximate surface area is 155 Å². The summed E-state index contributed by atoms with van der Waals surface area (Å²) < 4.78 is 0. The molecule has 0 bridgehead atoms. The van der Waals surface area contributed by atoms with Crippen molar-refractivity contribution in [2.24, 2.45) is 5.92 Å². The van der Waals surface area contributed by atoms with Crippen molar-refractivity contribution in [3.63, 3.8) is 0 Å². The molecule has 2 aromatic rings. The minimum Gasteiger partial charge on any atom is -0.300 e. The van der Waals surface area contributed by atoms with E-state index in [0.717, 1.165) is 18.4 Å². The average molecular weight is 350 g/mol. The summed E-state index contributed by atoms with van der Waals surface area (Å²) in [6.45, 7) is 2.69. The molecule has 0 aromatic heterocycles. The molecular weight excluding hydrogens is 322 g/mol. The fraction of sp³-hybridized carbons (Fsp3) is 0.478. The molecule has 5 rings (SSSR count). The maximum Gasteiger partial charge on any atom is 0.0158 e. The predicted molar refractivity (Wildman–Crippen MR) is 105 cm³/mol. The highest BCUT2D eigenvalue weighted by atomic mass is 32.2. The zero-order valence-corrected chi connectivity index (χ0v) is 15.7. The van der Waals surface area contributed by atoms with E-state index in [1.54, 1.807) is 5.56 Å². The third kappa shape index (κ3) is 3.15. The fourth-order valence-electron chi connectivity index (χ4n) is 5.19. The van der Waals surface area contributed by atoms with Crippen LogP contribution in [0.25, 0.3) is 0 Å². The number of benzene rings is 2. The van der Waals surface area contributed by atoms with Crippen molar-refractivity contribution in [1.82, 2.24) is 4.90 Å². The number of rotatable bonds is 2. The maximum absolute atomic E-state index is 2.79. The molecule has 0 radical (unpaired) electrons. The Morgan fingerprint density at radius 2 is 1.76 bits per heavy atom. The molecule has 2 heteroatoms. The first-order valence-corrected chi connectivity index (χ1v) is 10.8. The van der Waals surface area contributed by atoms with E-state index < -0.39 is 0 Å². The summed E-state index contributed by atoms with van der Waals surface area (Å²) in [5.41, 5.74) is 4.60. The SMILES string of the molecule is c1ccc2c(c1)Cc1cc(C[C@H]3CCCN4CCCC[C@@H]34)ccc1S2. The van der Waals surface area contributed by atoms with Crippen LogP contribution >= 0.6 is 11.8 Å². The summed E-state index contributed by atoms with van der Waals surface area (Å²) in [5.74, 6) is 0.871. The Bertz CT molecular complexity index is 766. The summed E-state index contributed by atoms with van der Waals surface area (Å²) in [6.07, 6.45) is 9.49. The van der Waals surface area contributed by atoms with Crippen molar-refractivity contribution in [2.45, 2.75) is 60.8 Å². The van der Waals surface area contributed by atoms with Gasteiger partial charge in [-0.15, -0.1) is 0 Å². The minimum absolute atomic E-state index is 0.855. The van der Waals surface area contributed by atoms with Gasteiger partial charge in [0.15, 0.2) is 0 Å². The molecule has 130 valence electrons. The van der Waals surface area contributed by atoms with Gasteiger partial charge in [0, 0.05) is 15.8 Å². The monoisotopic (exact) mass is 349 g/mol. The van der Waals surface area contributed by atoms with Crippen LogP contribution in [0, 0.1) is 5.92 Å². The zero-order valence-electron chi connectivity index (χ0n) is 14.9. The topological polar surface area (TPSA) is 3.24 Å². The van der Waals surface area contributed by atoms with Gasteiger partial charge in [-0.25, -0.2) is 0 Å². The van der Waals surface area contributed by atoms with Gasteiger partial charge in [0.2, 0.25) is 0 Å². The first kappa shape index (κ1) is 16.0. The molecule has 3 heterocycles. The van der Waals surface area contributed by atoms with Crippen molar-refractivity contribution in [2.75, 3.05) is 13.1 Å². The van der Waals surface area contributed by atoms with E-state index in [0.29, 0.717) is 0 Å². The van der Waals surface area contributed by atoms with E-state index in [2.05, 4.69) is 47.4 Å². The van der Waals surface area contributed by atoms with Gasteiger partial charge in [-0.2, -0.15) is 0 Å². The molecule has 25 heavy (non-hydrogen) atoms. The molecule has 2 fully saturated rings. The van der Waals surface area contributed by atoms with Crippen LogP contribution in [-0.2, 0) is 12.8 Å². The smallest absolute Gasteiger partial charge is 0.0158 e. The van der Waals surface area contributed by atoms with Crippen LogP contribution in [0.3, 0.4) is 0 Å². The number of hydrogen-bond donors (Lipinski definition) is 0. The van der Waals surface area contributed by atoms with Gasteiger partial charge < -0.3 is 4.90 Å². The van der Waals surface area contributed by atoms with Crippen molar-refractivity contribution in [3.05, 3.63) is 59.2 Å². The first-order chi connectivity index (χ1) is 12.4. The second kappa shape index (κ2) is 6.81. The van der Waals surface area contributed by atoms with E-state index in [4.69, 9.17) is 0 Å². The van der Waals surface area contributed by atoms with Gasteiger partial charge in [0.25, 0.3) is 0 Å². The average Bonchev–Trinajstić information content (AvgIpc) is 2.67. The lowest BCUT2D eigenvalue weighted by Gasteiger charge is -2.44. The van der Waals surface area contributed by atoms with Crippen molar-refractivity contribution < 1.29 is 0 Å². The van der Waals surface area contributed by atoms with Crippen LogP contribution < -0.4 is 0 Å². The molecule has 3 aliphatic rings. The number of nitrogens with zero attached hydrogens (tertiary/aromatic N) is 1. The molecule has 3 aliphatic heterocycles. The van der Waals surface area contributed by atoms with Gasteiger partial charge >= 0.3 is 0 Å². The summed E-state index contributed by atoms with van der Waals surface area (Å²) in [5, 5.41) is 0. The highest BCUT2D eigenvalue weighted by Crippen LogP contribution is 2.40. The largest absolute Gasteiger partial charge is 0.300 e. The molecule has 0 spiro atoms. The minimum atomic E-state index is 0.855. The highest BCUT2D eigenvalue weighted by molar-refractivity contribution is 7.99. The summed E-state index contributed by atoms with van der Waals surface area (Å²) in [6, 6.07) is 17.0. The normalized spacial score (nSPS) is 25.8. The Morgan fingerprint density at radius 1 is 0.880 bits per heavy atom. The number of hydrogen-bond acceptors (Lipinski definition) is 2. The summed E-state index contributed by atoms with van der Waals surface area (Å²) in [4.78, 5) is 5.69. The fourth-order valence-corrected chi connectivity index (χ4v) is 6.24. The second-order valence-corrected chi connectivity index (χ2v) is 9.12. The van der Waals surface area contributed by atoms with E-state index >= 15 is 0 Å². The van der Waals surface area contributed by atoms with Crippen molar-refractivity contribution in [1.29, 1.82) is 0 Å². The molecular formula is C23H27NS. The lowest BCUT2D eigenvalue weighted by Crippen LogP contribution is -2.48. The standard InChI is InChI=1S/C23H27NS/c1-2-9-22-19(6-1)16-20-15-17(10-11-23(20)25-22)14-18-7-5-13-24-12-4-3-8-21(18)24/h1-2,6,9-11,15,18,21H,3-5,7-8,12-14,16H2/t18-,21+/m1/s1. The van der Waals surface area contributed by atoms with Crippen LogP contribution in [0.15, 0.2) is 52.3 Å². The van der Waals surface area contributed by atoms with Gasteiger partial charge in [-0.05, 0) is 86.4 Å². The molecule has 2 atom stereocenters. The zero-order chi connectivity index (χ0) is 16.6. The van der Waals surface area contributed by atoms with Gasteiger partial charge in [0.05, 0.1) is 0 Å². The first-order valence-electron chi connectivity index (χ1n) is 9.98. The van der Waals surface area contributed by atoms with Crippen LogP contribution in [0.5, 0.6) is 0 Å². The Morgan fingerprint density at radius 3 is 2.76 bits per heavy atom.